The van der Waals surface area contributed by atoms with Gasteiger partial charge >= 0.3 is 0 Å². The molecule has 0 amide bonds. The molecule has 1 N–H and O–H groups in total. The maximum absolute atomic E-state index is 14.3. The van der Waals surface area contributed by atoms with Gasteiger partial charge < -0.3 is 9.84 Å². The van der Waals surface area contributed by atoms with Crippen molar-refractivity contribution in [1.29, 1.82) is 0 Å². The van der Waals surface area contributed by atoms with Gasteiger partial charge in [0.05, 0.1) is 24.1 Å². The average molecular weight is 390 g/mol. The molecule has 28 heavy (non-hydrogen) atoms. The number of rotatable bonds is 11. The number of hydrogen-bond donors (Lipinski definition) is 1. The Morgan fingerprint density at radius 1 is 1.11 bits per heavy atom. The number of ether oxygens (including phenoxy) is 1. The van der Waals surface area contributed by atoms with E-state index >= 15 is 0 Å². The predicted octanol–water partition coefficient (Wildman–Crippen LogP) is 5.91. The Hall–Kier alpha value is -2.34. The molecule has 0 aliphatic heterocycles. The van der Waals surface area contributed by atoms with Crippen LogP contribution in [0.15, 0.2) is 30.6 Å². The van der Waals surface area contributed by atoms with Crippen LogP contribution in [0.3, 0.4) is 0 Å². The highest BCUT2D eigenvalue weighted by Gasteiger charge is 2.15. The van der Waals surface area contributed by atoms with Crippen molar-refractivity contribution in [3.05, 3.63) is 47.8 Å². The van der Waals surface area contributed by atoms with E-state index in [0.29, 0.717) is 0 Å². The monoisotopic (exact) mass is 390 g/mol. The van der Waals surface area contributed by atoms with Gasteiger partial charge in [-0.2, -0.15) is 0 Å². The molecule has 1 unspecified atom stereocenters. The SMILES string of the molecule is CCCCCOC(C)CCC/C=C/c1ccc(-c2ncc(O)cn2)c(F)c1F. The van der Waals surface area contributed by atoms with Gasteiger partial charge in [0, 0.05) is 12.2 Å². The maximum Gasteiger partial charge on any atom is 0.170 e. The molecule has 2 rings (SSSR count). The van der Waals surface area contributed by atoms with Crippen LogP contribution in [0, 0.1) is 11.6 Å². The summed E-state index contributed by atoms with van der Waals surface area (Å²) in [5.41, 5.74) is 0.146. The van der Waals surface area contributed by atoms with Crippen molar-refractivity contribution in [2.45, 2.75) is 58.5 Å². The van der Waals surface area contributed by atoms with E-state index in [9.17, 15) is 13.9 Å². The van der Waals surface area contributed by atoms with Crippen LogP contribution in [0.5, 0.6) is 5.75 Å². The number of halogens is 2. The van der Waals surface area contributed by atoms with Gasteiger partial charge in [-0.1, -0.05) is 38.0 Å². The second-order valence-electron chi connectivity index (χ2n) is 6.82. The first-order valence-corrected chi connectivity index (χ1v) is 9.80. The molecule has 0 spiro atoms. The zero-order valence-electron chi connectivity index (χ0n) is 16.5. The van der Waals surface area contributed by atoms with Gasteiger partial charge in [0.25, 0.3) is 0 Å². The van der Waals surface area contributed by atoms with E-state index in [0.717, 1.165) is 44.7 Å². The highest BCUT2D eigenvalue weighted by molar-refractivity contribution is 5.61. The zero-order valence-corrected chi connectivity index (χ0v) is 16.5. The number of aromatic nitrogens is 2. The molecule has 0 fully saturated rings. The zero-order chi connectivity index (χ0) is 20.4. The third-order valence-corrected chi connectivity index (χ3v) is 4.42. The Labute approximate surface area is 165 Å². The van der Waals surface area contributed by atoms with E-state index in [1.807, 2.05) is 6.08 Å². The summed E-state index contributed by atoms with van der Waals surface area (Å²) in [6.07, 6.45) is 12.0. The Balaban J connectivity index is 1.85. The lowest BCUT2D eigenvalue weighted by molar-refractivity contribution is 0.0566. The van der Waals surface area contributed by atoms with Crippen LogP contribution in [-0.2, 0) is 4.74 Å². The number of allylic oxidation sites excluding steroid dienone is 1. The normalized spacial score (nSPS) is 12.6. The topological polar surface area (TPSA) is 55.2 Å². The summed E-state index contributed by atoms with van der Waals surface area (Å²) < 4.78 is 34.4. The van der Waals surface area contributed by atoms with Crippen molar-refractivity contribution in [3.8, 4) is 17.1 Å². The van der Waals surface area contributed by atoms with Crippen LogP contribution in [-0.4, -0.2) is 27.8 Å². The average Bonchev–Trinajstić information content (AvgIpc) is 2.69. The molecule has 0 radical (unpaired) electrons. The molecule has 6 heteroatoms. The van der Waals surface area contributed by atoms with Crippen molar-refractivity contribution in [2.75, 3.05) is 6.61 Å². The molecule has 1 heterocycles. The van der Waals surface area contributed by atoms with Crippen molar-refractivity contribution in [2.24, 2.45) is 0 Å². The van der Waals surface area contributed by atoms with E-state index in [4.69, 9.17) is 4.74 Å². The van der Waals surface area contributed by atoms with Crippen LogP contribution >= 0.6 is 0 Å². The minimum Gasteiger partial charge on any atom is -0.505 e. The lowest BCUT2D eigenvalue weighted by Crippen LogP contribution is -2.08. The van der Waals surface area contributed by atoms with Gasteiger partial charge in [0.1, 0.15) is 0 Å². The van der Waals surface area contributed by atoms with Crippen LogP contribution in [0.1, 0.15) is 57.9 Å². The second kappa shape index (κ2) is 11.5. The molecule has 0 aliphatic carbocycles. The van der Waals surface area contributed by atoms with Crippen LogP contribution < -0.4 is 0 Å². The number of nitrogens with zero attached hydrogens (tertiary/aromatic N) is 2. The standard InChI is InChI=1S/C22H28F2N2O2/c1-3-4-8-13-28-16(2)9-6-5-7-10-17-11-12-19(21(24)20(17)23)22-25-14-18(27)15-26-22/h7,10-12,14-16,27H,3-6,8-9,13H2,1-2H3/b10-7+. The van der Waals surface area contributed by atoms with Gasteiger partial charge in [-0.3, -0.25) is 0 Å². The van der Waals surface area contributed by atoms with Gasteiger partial charge in [-0.15, -0.1) is 0 Å². The lowest BCUT2D eigenvalue weighted by Gasteiger charge is -2.12. The first-order chi connectivity index (χ1) is 13.5. The Morgan fingerprint density at radius 3 is 2.57 bits per heavy atom. The highest BCUT2D eigenvalue weighted by atomic mass is 19.2. The molecular formula is C22H28F2N2O2. The Bertz CT molecular complexity index is 764. The molecule has 0 saturated heterocycles. The Kier molecular flexibility index (Phi) is 9.01. The summed E-state index contributed by atoms with van der Waals surface area (Å²) in [5, 5.41) is 9.20. The summed E-state index contributed by atoms with van der Waals surface area (Å²) in [6.45, 7) is 5.03. The van der Waals surface area contributed by atoms with E-state index in [-0.39, 0.29) is 28.8 Å². The van der Waals surface area contributed by atoms with Crippen molar-refractivity contribution < 1.29 is 18.6 Å². The molecular weight excluding hydrogens is 362 g/mol. The molecule has 1 atom stereocenters. The number of aromatic hydroxyl groups is 1. The van der Waals surface area contributed by atoms with E-state index in [1.54, 1.807) is 6.08 Å². The van der Waals surface area contributed by atoms with Gasteiger partial charge in [0.2, 0.25) is 0 Å². The minimum atomic E-state index is -0.998. The molecule has 152 valence electrons. The minimum absolute atomic E-state index is 0.0256. The second-order valence-corrected chi connectivity index (χ2v) is 6.82. The largest absolute Gasteiger partial charge is 0.505 e. The third kappa shape index (κ3) is 6.68. The van der Waals surface area contributed by atoms with Crippen LogP contribution in [0.2, 0.25) is 0 Å². The smallest absolute Gasteiger partial charge is 0.170 e. The van der Waals surface area contributed by atoms with Gasteiger partial charge in [-0.25, -0.2) is 18.7 Å². The molecule has 0 aliphatic rings. The summed E-state index contributed by atoms with van der Waals surface area (Å²) in [4.78, 5) is 7.63. The van der Waals surface area contributed by atoms with Gasteiger partial charge in [0.15, 0.2) is 23.2 Å². The fraction of sp³-hybridized carbons (Fsp3) is 0.455. The van der Waals surface area contributed by atoms with E-state index in [1.165, 1.54) is 25.0 Å². The number of hydrogen-bond acceptors (Lipinski definition) is 4. The van der Waals surface area contributed by atoms with Crippen LogP contribution in [0.4, 0.5) is 8.78 Å². The molecule has 1 aromatic carbocycles. The maximum atomic E-state index is 14.3. The van der Waals surface area contributed by atoms with Crippen molar-refractivity contribution >= 4 is 6.08 Å². The van der Waals surface area contributed by atoms with Crippen molar-refractivity contribution in [1.82, 2.24) is 9.97 Å². The first kappa shape index (κ1) is 22.0. The summed E-state index contributed by atoms with van der Waals surface area (Å²) in [5.74, 6) is -2.04. The van der Waals surface area contributed by atoms with E-state index in [2.05, 4.69) is 23.8 Å². The van der Waals surface area contributed by atoms with Crippen LogP contribution in [0.25, 0.3) is 17.5 Å². The molecule has 0 saturated carbocycles. The fourth-order valence-electron chi connectivity index (χ4n) is 2.78. The fourth-order valence-corrected chi connectivity index (χ4v) is 2.78. The van der Waals surface area contributed by atoms with Crippen molar-refractivity contribution in [3.63, 3.8) is 0 Å². The highest BCUT2D eigenvalue weighted by Crippen LogP contribution is 2.25. The molecule has 1 aromatic heterocycles. The van der Waals surface area contributed by atoms with E-state index < -0.39 is 11.6 Å². The number of benzene rings is 1. The summed E-state index contributed by atoms with van der Waals surface area (Å²) >= 11 is 0. The summed E-state index contributed by atoms with van der Waals surface area (Å²) in [7, 11) is 0. The molecule has 2 aromatic rings. The predicted molar refractivity (Wildman–Crippen MR) is 107 cm³/mol. The lowest BCUT2D eigenvalue weighted by atomic mass is 10.1. The Morgan fingerprint density at radius 2 is 1.86 bits per heavy atom. The first-order valence-electron chi connectivity index (χ1n) is 9.80. The van der Waals surface area contributed by atoms with Gasteiger partial charge in [-0.05, 0) is 38.7 Å². The number of unbranched alkanes of at least 4 members (excludes halogenated alkanes) is 3. The molecule has 4 nitrogen and oxygen atoms in total. The quantitative estimate of drug-likeness (QED) is 0.485. The summed E-state index contributed by atoms with van der Waals surface area (Å²) in [6, 6.07) is 2.94. The molecule has 0 bridgehead atoms. The third-order valence-electron chi connectivity index (χ3n) is 4.42.